The van der Waals surface area contributed by atoms with Gasteiger partial charge < -0.3 is 10.6 Å². The smallest absolute Gasteiger partial charge is 0.256 e. The number of carbonyl (C=O) groups excluding carboxylic acids is 1. The summed E-state index contributed by atoms with van der Waals surface area (Å²) in [7, 11) is 0. The lowest BCUT2D eigenvalue weighted by Gasteiger charge is -2.25. The van der Waals surface area contributed by atoms with Crippen LogP contribution in [0.15, 0.2) is 29.1 Å². The molecule has 1 amide bonds. The number of nitrogens with zero attached hydrogens (tertiary/aromatic N) is 2. The van der Waals surface area contributed by atoms with Crippen molar-refractivity contribution in [2.24, 2.45) is 0 Å². The fraction of sp³-hybridized carbons (Fsp3) is 0.333. The second kappa shape index (κ2) is 5.25. The van der Waals surface area contributed by atoms with E-state index in [4.69, 9.17) is 5.73 Å². The van der Waals surface area contributed by atoms with Crippen molar-refractivity contribution in [3.8, 4) is 0 Å². The lowest BCUT2D eigenvalue weighted by atomic mass is 10.1. The predicted molar refractivity (Wildman–Crippen MR) is 80.7 cm³/mol. The Morgan fingerprint density at radius 3 is 3.15 bits per heavy atom. The first-order valence-electron chi connectivity index (χ1n) is 6.72. The molecule has 1 atom stereocenters. The van der Waals surface area contributed by atoms with Gasteiger partial charge in [-0.05, 0) is 48.2 Å². The van der Waals surface area contributed by atoms with Gasteiger partial charge in [-0.3, -0.25) is 9.78 Å². The van der Waals surface area contributed by atoms with E-state index >= 15 is 0 Å². The molecule has 2 aromatic heterocycles. The first-order valence-corrected chi connectivity index (χ1v) is 7.66. The van der Waals surface area contributed by atoms with E-state index in [1.54, 1.807) is 23.6 Å². The summed E-state index contributed by atoms with van der Waals surface area (Å²) >= 11 is 1.67. The van der Waals surface area contributed by atoms with Gasteiger partial charge >= 0.3 is 0 Å². The van der Waals surface area contributed by atoms with Crippen LogP contribution in [0.1, 0.15) is 40.5 Å². The third-order valence-electron chi connectivity index (χ3n) is 3.78. The maximum absolute atomic E-state index is 12.8. The van der Waals surface area contributed by atoms with Crippen molar-refractivity contribution < 1.29 is 4.79 Å². The number of aromatic nitrogens is 1. The second-order valence-corrected chi connectivity index (χ2v) is 5.89. The van der Waals surface area contributed by atoms with Crippen LogP contribution >= 0.6 is 11.3 Å². The number of thiophene rings is 1. The summed E-state index contributed by atoms with van der Waals surface area (Å²) in [5, 5.41) is 4.18. The van der Waals surface area contributed by atoms with Crippen molar-refractivity contribution in [1.29, 1.82) is 0 Å². The number of amides is 1. The maximum atomic E-state index is 12.8. The number of carbonyl (C=O) groups is 1. The topological polar surface area (TPSA) is 59.2 Å². The number of hydrogen-bond donors (Lipinski definition) is 1. The van der Waals surface area contributed by atoms with Crippen LogP contribution in [0.5, 0.6) is 0 Å². The van der Waals surface area contributed by atoms with Gasteiger partial charge in [0.1, 0.15) is 0 Å². The minimum absolute atomic E-state index is 0.0380. The van der Waals surface area contributed by atoms with Crippen LogP contribution in [0.4, 0.5) is 5.69 Å². The standard InChI is InChI=1S/C15H17N3OS/c1-10-13(7-12(16)8-17-10)15(19)18-5-2-3-14(18)11-4-6-20-9-11/h4,6-9,14H,2-3,5,16H2,1H3. The first-order chi connectivity index (χ1) is 9.66. The zero-order valence-corrected chi connectivity index (χ0v) is 12.2. The molecular weight excluding hydrogens is 270 g/mol. The molecule has 0 saturated carbocycles. The van der Waals surface area contributed by atoms with Crippen LogP contribution in [0.3, 0.4) is 0 Å². The molecule has 1 unspecified atom stereocenters. The number of rotatable bonds is 2. The zero-order chi connectivity index (χ0) is 14.1. The van der Waals surface area contributed by atoms with Crippen LogP contribution in [0.25, 0.3) is 0 Å². The molecule has 4 nitrogen and oxygen atoms in total. The fourth-order valence-corrected chi connectivity index (χ4v) is 3.45. The molecule has 2 aromatic rings. The molecule has 0 aromatic carbocycles. The highest BCUT2D eigenvalue weighted by Gasteiger charge is 2.31. The zero-order valence-electron chi connectivity index (χ0n) is 11.4. The predicted octanol–water partition coefficient (Wildman–Crippen LogP) is 3.01. The van der Waals surface area contributed by atoms with Crippen molar-refractivity contribution in [3.05, 3.63) is 45.9 Å². The summed E-state index contributed by atoms with van der Waals surface area (Å²) in [4.78, 5) is 18.9. The SMILES string of the molecule is Cc1ncc(N)cc1C(=O)N1CCCC1c1ccsc1. The van der Waals surface area contributed by atoms with Gasteiger partial charge in [-0.25, -0.2) is 0 Å². The average Bonchev–Trinajstić information content (AvgIpc) is 3.10. The molecule has 1 aliphatic rings. The van der Waals surface area contributed by atoms with Crippen LogP contribution in [0.2, 0.25) is 0 Å². The van der Waals surface area contributed by atoms with E-state index in [1.807, 2.05) is 11.8 Å². The number of anilines is 1. The van der Waals surface area contributed by atoms with Gasteiger partial charge in [-0.2, -0.15) is 11.3 Å². The molecule has 1 fully saturated rings. The lowest BCUT2D eigenvalue weighted by Crippen LogP contribution is -2.31. The third-order valence-corrected chi connectivity index (χ3v) is 4.48. The minimum atomic E-state index is 0.0380. The average molecular weight is 287 g/mol. The number of aryl methyl sites for hydroxylation is 1. The first kappa shape index (κ1) is 13.1. The van der Waals surface area contributed by atoms with Crippen LogP contribution < -0.4 is 5.73 Å². The van der Waals surface area contributed by atoms with E-state index in [0.717, 1.165) is 25.1 Å². The molecule has 0 aliphatic carbocycles. The van der Waals surface area contributed by atoms with Gasteiger partial charge in [0, 0.05) is 6.54 Å². The highest BCUT2D eigenvalue weighted by Crippen LogP contribution is 2.34. The molecule has 5 heteroatoms. The molecule has 3 rings (SSSR count). The molecule has 3 heterocycles. The van der Waals surface area contributed by atoms with Crippen molar-refractivity contribution in [2.75, 3.05) is 12.3 Å². The number of nitrogens with two attached hydrogens (primary N) is 1. The van der Waals surface area contributed by atoms with E-state index in [0.29, 0.717) is 11.3 Å². The van der Waals surface area contributed by atoms with Gasteiger partial charge in [0.15, 0.2) is 0 Å². The maximum Gasteiger partial charge on any atom is 0.256 e. The summed E-state index contributed by atoms with van der Waals surface area (Å²) in [5.74, 6) is 0.0380. The third kappa shape index (κ3) is 2.29. The van der Waals surface area contributed by atoms with Gasteiger partial charge in [0.2, 0.25) is 0 Å². The van der Waals surface area contributed by atoms with Gasteiger partial charge in [-0.15, -0.1) is 0 Å². The summed E-state index contributed by atoms with van der Waals surface area (Å²) in [6, 6.07) is 4.02. The Balaban J connectivity index is 1.91. The Bertz CT molecular complexity index is 624. The van der Waals surface area contributed by atoms with E-state index in [1.165, 1.54) is 5.56 Å². The summed E-state index contributed by atoms with van der Waals surface area (Å²) in [6.45, 7) is 2.65. The highest BCUT2D eigenvalue weighted by atomic mass is 32.1. The Labute approximate surface area is 122 Å². The van der Waals surface area contributed by atoms with Gasteiger partial charge in [0.25, 0.3) is 5.91 Å². The quantitative estimate of drug-likeness (QED) is 0.923. The van der Waals surface area contributed by atoms with Crippen molar-refractivity contribution in [2.45, 2.75) is 25.8 Å². The van der Waals surface area contributed by atoms with Crippen molar-refractivity contribution in [3.63, 3.8) is 0 Å². The summed E-state index contributed by atoms with van der Waals surface area (Å²) in [6.07, 6.45) is 3.66. The Morgan fingerprint density at radius 2 is 2.40 bits per heavy atom. The molecule has 20 heavy (non-hydrogen) atoms. The molecule has 0 bridgehead atoms. The molecule has 1 aliphatic heterocycles. The number of nitrogen functional groups attached to an aromatic ring is 1. The van der Waals surface area contributed by atoms with E-state index in [-0.39, 0.29) is 11.9 Å². The molecule has 0 spiro atoms. The molecule has 0 radical (unpaired) electrons. The second-order valence-electron chi connectivity index (χ2n) is 5.11. The molecular formula is C15H17N3OS. The minimum Gasteiger partial charge on any atom is -0.397 e. The molecule has 1 saturated heterocycles. The van der Waals surface area contributed by atoms with Gasteiger partial charge in [-0.1, -0.05) is 0 Å². The summed E-state index contributed by atoms with van der Waals surface area (Å²) in [5.41, 5.74) is 8.88. The number of likely N-dealkylation sites (tertiary alicyclic amines) is 1. The number of pyridine rings is 1. The normalized spacial score (nSPS) is 18.4. The monoisotopic (exact) mass is 287 g/mol. The Hall–Kier alpha value is -1.88. The largest absolute Gasteiger partial charge is 0.397 e. The van der Waals surface area contributed by atoms with E-state index < -0.39 is 0 Å². The van der Waals surface area contributed by atoms with Crippen LogP contribution in [0, 0.1) is 6.92 Å². The summed E-state index contributed by atoms with van der Waals surface area (Å²) < 4.78 is 0. The van der Waals surface area contributed by atoms with Crippen molar-refractivity contribution >= 4 is 22.9 Å². The highest BCUT2D eigenvalue weighted by molar-refractivity contribution is 7.07. The van der Waals surface area contributed by atoms with Crippen LogP contribution in [-0.4, -0.2) is 22.3 Å². The van der Waals surface area contributed by atoms with E-state index in [2.05, 4.69) is 21.8 Å². The number of hydrogen-bond acceptors (Lipinski definition) is 4. The van der Waals surface area contributed by atoms with E-state index in [9.17, 15) is 4.79 Å². The fourth-order valence-electron chi connectivity index (χ4n) is 2.74. The molecule has 104 valence electrons. The van der Waals surface area contributed by atoms with Gasteiger partial charge in [0.05, 0.1) is 29.2 Å². The van der Waals surface area contributed by atoms with Crippen LogP contribution in [-0.2, 0) is 0 Å². The Morgan fingerprint density at radius 1 is 1.55 bits per heavy atom. The Kier molecular flexibility index (Phi) is 3.44. The van der Waals surface area contributed by atoms with Crippen molar-refractivity contribution in [1.82, 2.24) is 9.88 Å². The molecule has 2 N–H and O–H groups in total. The lowest BCUT2D eigenvalue weighted by molar-refractivity contribution is 0.0734.